The molecule has 3 aromatic rings. The molecule has 2 aromatic carbocycles. The van der Waals surface area contributed by atoms with Crippen LogP contribution < -0.4 is 16.5 Å². The molecule has 0 saturated carbocycles. The number of benzene rings is 2. The number of ether oxygens (including phenoxy) is 1. The molecule has 8 heteroatoms. The second-order valence-corrected chi connectivity index (χ2v) is 5.95. The quantitative estimate of drug-likeness (QED) is 0.652. The van der Waals surface area contributed by atoms with Crippen molar-refractivity contribution in [2.45, 2.75) is 13.0 Å². The molecule has 3 N–H and O–H groups in total. The Bertz CT molecular complexity index is 1120. The van der Waals surface area contributed by atoms with Crippen LogP contribution >= 0.6 is 0 Å². The topological polar surface area (TPSA) is 129 Å². The number of primary amides is 1. The Morgan fingerprint density at radius 3 is 2.43 bits per heavy atom. The summed E-state index contributed by atoms with van der Waals surface area (Å²) in [6, 6.07) is 13.4. The van der Waals surface area contributed by atoms with Crippen LogP contribution in [0.1, 0.15) is 27.8 Å². The number of rotatable bonds is 5. The number of carbonyl (C=O) groups excluding carboxylic acids is 3. The molecular weight excluding hydrogens is 364 g/mol. The van der Waals surface area contributed by atoms with E-state index in [0.717, 1.165) is 6.07 Å². The van der Waals surface area contributed by atoms with Crippen LogP contribution in [0.15, 0.2) is 63.8 Å². The normalized spacial score (nSPS) is 11.6. The predicted octanol–water partition coefficient (Wildman–Crippen LogP) is 2.08. The first kappa shape index (κ1) is 18.8. The molecule has 2 amide bonds. The molecule has 1 aromatic heterocycles. The van der Waals surface area contributed by atoms with Crippen LogP contribution in [0.25, 0.3) is 11.0 Å². The number of fused-ring (bicyclic) bond motifs is 1. The Balaban J connectivity index is 1.69. The van der Waals surface area contributed by atoms with Crippen LogP contribution in [0.5, 0.6) is 0 Å². The molecule has 142 valence electrons. The standard InChI is InChI=1S/C20H16N2O6/c1-11(19(25)22-13-8-6-12(7-9-13)18(21)24)27-20(26)17-10-15(23)14-4-2-3-5-16(14)28-17/h2-11H,1H3,(H2,21,24)(H,22,25). The number of hydrogen-bond donors (Lipinski definition) is 2. The van der Waals surface area contributed by atoms with Gasteiger partial charge < -0.3 is 20.2 Å². The van der Waals surface area contributed by atoms with Gasteiger partial charge in [0.1, 0.15) is 5.58 Å². The Kier molecular flexibility index (Phi) is 5.21. The molecule has 3 rings (SSSR count). The van der Waals surface area contributed by atoms with Gasteiger partial charge in [0.15, 0.2) is 11.5 Å². The van der Waals surface area contributed by atoms with Crippen molar-refractivity contribution in [1.29, 1.82) is 0 Å². The van der Waals surface area contributed by atoms with Gasteiger partial charge in [0.2, 0.25) is 11.7 Å². The molecule has 0 aliphatic heterocycles. The van der Waals surface area contributed by atoms with Gasteiger partial charge in [-0.3, -0.25) is 14.4 Å². The van der Waals surface area contributed by atoms with Gasteiger partial charge in [0.05, 0.1) is 5.39 Å². The van der Waals surface area contributed by atoms with Crippen LogP contribution in [0.4, 0.5) is 5.69 Å². The van der Waals surface area contributed by atoms with Gasteiger partial charge in [-0.15, -0.1) is 0 Å². The second-order valence-electron chi connectivity index (χ2n) is 5.95. The molecule has 1 unspecified atom stereocenters. The Labute approximate surface area is 158 Å². The summed E-state index contributed by atoms with van der Waals surface area (Å²) in [6.45, 7) is 1.38. The van der Waals surface area contributed by atoms with Gasteiger partial charge in [-0.05, 0) is 43.3 Å². The molecule has 0 bridgehead atoms. The fourth-order valence-corrected chi connectivity index (χ4v) is 2.44. The average molecular weight is 380 g/mol. The number of carbonyl (C=O) groups is 3. The molecule has 8 nitrogen and oxygen atoms in total. The Morgan fingerprint density at radius 2 is 1.75 bits per heavy atom. The fourth-order valence-electron chi connectivity index (χ4n) is 2.44. The molecule has 28 heavy (non-hydrogen) atoms. The van der Waals surface area contributed by atoms with E-state index in [0.29, 0.717) is 16.6 Å². The van der Waals surface area contributed by atoms with Crippen molar-refractivity contribution in [2.75, 3.05) is 5.32 Å². The van der Waals surface area contributed by atoms with Crippen molar-refractivity contribution in [3.63, 3.8) is 0 Å². The predicted molar refractivity (Wildman–Crippen MR) is 101 cm³/mol. The van der Waals surface area contributed by atoms with Crippen molar-refractivity contribution < 1.29 is 23.5 Å². The number of para-hydroxylation sites is 1. The zero-order valence-corrected chi connectivity index (χ0v) is 14.8. The van der Waals surface area contributed by atoms with Gasteiger partial charge in [-0.25, -0.2) is 4.79 Å². The first-order chi connectivity index (χ1) is 13.3. The number of nitrogens with one attached hydrogen (secondary N) is 1. The van der Waals surface area contributed by atoms with Crippen molar-refractivity contribution in [3.05, 3.63) is 76.1 Å². The molecule has 0 aliphatic carbocycles. The molecule has 0 spiro atoms. The van der Waals surface area contributed by atoms with E-state index in [1.165, 1.54) is 31.2 Å². The third-order valence-electron chi connectivity index (χ3n) is 3.93. The summed E-state index contributed by atoms with van der Waals surface area (Å²) >= 11 is 0. The largest absolute Gasteiger partial charge is 0.449 e. The van der Waals surface area contributed by atoms with Crippen molar-refractivity contribution in [2.24, 2.45) is 5.73 Å². The smallest absolute Gasteiger partial charge is 0.375 e. The number of hydrogen-bond acceptors (Lipinski definition) is 6. The third-order valence-corrected chi connectivity index (χ3v) is 3.93. The van der Waals surface area contributed by atoms with Crippen molar-refractivity contribution in [3.8, 4) is 0 Å². The van der Waals surface area contributed by atoms with Crippen LogP contribution in [0.2, 0.25) is 0 Å². The summed E-state index contributed by atoms with van der Waals surface area (Å²) in [5, 5.41) is 2.88. The highest BCUT2D eigenvalue weighted by Gasteiger charge is 2.21. The Morgan fingerprint density at radius 1 is 1.07 bits per heavy atom. The first-order valence-corrected chi connectivity index (χ1v) is 8.30. The lowest BCUT2D eigenvalue weighted by atomic mass is 10.2. The number of anilines is 1. The fraction of sp³-hybridized carbons (Fsp3) is 0.100. The van der Waals surface area contributed by atoms with E-state index in [2.05, 4.69) is 5.32 Å². The van der Waals surface area contributed by atoms with E-state index in [1.54, 1.807) is 24.3 Å². The lowest BCUT2D eigenvalue weighted by molar-refractivity contribution is -0.123. The zero-order valence-electron chi connectivity index (χ0n) is 14.8. The van der Waals surface area contributed by atoms with Crippen LogP contribution in [0, 0.1) is 0 Å². The van der Waals surface area contributed by atoms with E-state index in [9.17, 15) is 19.2 Å². The van der Waals surface area contributed by atoms with Crippen LogP contribution in [-0.4, -0.2) is 23.9 Å². The average Bonchev–Trinajstić information content (AvgIpc) is 2.68. The first-order valence-electron chi connectivity index (χ1n) is 8.30. The highest BCUT2D eigenvalue weighted by atomic mass is 16.6. The SMILES string of the molecule is CC(OC(=O)c1cc(=O)c2ccccc2o1)C(=O)Nc1ccc(C(N)=O)cc1. The molecule has 1 heterocycles. The summed E-state index contributed by atoms with van der Waals surface area (Å²) in [5.41, 5.74) is 5.70. The summed E-state index contributed by atoms with van der Waals surface area (Å²) in [6.07, 6.45) is -1.15. The summed E-state index contributed by atoms with van der Waals surface area (Å²) in [7, 11) is 0. The number of amides is 2. The molecule has 0 saturated heterocycles. The maximum absolute atomic E-state index is 12.2. The Hall–Kier alpha value is -3.94. The highest BCUT2D eigenvalue weighted by Crippen LogP contribution is 2.14. The number of nitrogens with two attached hydrogens (primary N) is 1. The van der Waals surface area contributed by atoms with Gasteiger partial charge in [-0.2, -0.15) is 0 Å². The van der Waals surface area contributed by atoms with E-state index < -0.39 is 23.9 Å². The number of esters is 1. The maximum Gasteiger partial charge on any atom is 0.375 e. The molecule has 0 fully saturated rings. The highest BCUT2D eigenvalue weighted by molar-refractivity contribution is 5.98. The van der Waals surface area contributed by atoms with Gasteiger partial charge in [-0.1, -0.05) is 12.1 Å². The van der Waals surface area contributed by atoms with E-state index >= 15 is 0 Å². The molecule has 0 aliphatic rings. The van der Waals surface area contributed by atoms with E-state index in [4.69, 9.17) is 14.9 Å². The van der Waals surface area contributed by atoms with Gasteiger partial charge in [0, 0.05) is 17.3 Å². The van der Waals surface area contributed by atoms with Gasteiger partial charge >= 0.3 is 5.97 Å². The van der Waals surface area contributed by atoms with E-state index in [-0.39, 0.29) is 16.8 Å². The lowest BCUT2D eigenvalue weighted by Crippen LogP contribution is -2.30. The summed E-state index contributed by atoms with van der Waals surface area (Å²) in [5.74, 6) is -2.41. The minimum Gasteiger partial charge on any atom is -0.449 e. The minimum atomic E-state index is -1.15. The van der Waals surface area contributed by atoms with Crippen molar-refractivity contribution in [1.82, 2.24) is 0 Å². The zero-order chi connectivity index (χ0) is 20.3. The minimum absolute atomic E-state index is 0.244. The van der Waals surface area contributed by atoms with Crippen LogP contribution in [-0.2, 0) is 9.53 Å². The lowest BCUT2D eigenvalue weighted by Gasteiger charge is -2.13. The summed E-state index contributed by atoms with van der Waals surface area (Å²) in [4.78, 5) is 47.6. The second kappa shape index (κ2) is 7.75. The molecule has 0 radical (unpaired) electrons. The monoisotopic (exact) mass is 380 g/mol. The third kappa shape index (κ3) is 4.07. The molecular formula is C20H16N2O6. The molecule has 1 atom stereocenters. The summed E-state index contributed by atoms with van der Waals surface area (Å²) < 4.78 is 10.5. The van der Waals surface area contributed by atoms with E-state index in [1.807, 2.05) is 0 Å². The maximum atomic E-state index is 12.2. The van der Waals surface area contributed by atoms with Gasteiger partial charge in [0.25, 0.3) is 5.91 Å². The van der Waals surface area contributed by atoms with Crippen LogP contribution in [0.3, 0.4) is 0 Å². The van der Waals surface area contributed by atoms with Crippen molar-refractivity contribution >= 4 is 34.4 Å².